The normalized spacial score (nSPS) is 13.0. The van der Waals surface area contributed by atoms with Gasteiger partial charge >= 0.3 is 0 Å². The molecule has 3 aromatic carbocycles. The summed E-state index contributed by atoms with van der Waals surface area (Å²) in [6.07, 6.45) is 2.08. The van der Waals surface area contributed by atoms with Gasteiger partial charge in [0, 0.05) is 24.0 Å². The molecule has 7 nitrogen and oxygen atoms in total. The minimum atomic E-state index is -3.85. The fourth-order valence-corrected chi connectivity index (χ4v) is 5.71. The van der Waals surface area contributed by atoms with Crippen LogP contribution in [-0.4, -0.2) is 50.0 Å². The average molecular weight is 598 g/mol. The summed E-state index contributed by atoms with van der Waals surface area (Å²) in [4.78, 5) is 29.5. The van der Waals surface area contributed by atoms with Crippen LogP contribution in [-0.2, 0) is 32.6 Å². The lowest BCUT2D eigenvalue weighted by molar-refractivity contribution is -0.140. The Morgan fingerprint density at radius 1 is 0.902 bits per heavy atom. The smallest absolute Gasteiger partial charge is 0.244 e. The topological polar surface area (TPSA) is 86.8 Å². The van der Waals surface area contributed by atoms with Gasteiger partial charge in [-0.2, -0.15) is 0 Å². The highest BCUT2D eigenvalue weighted by atomic mass is 35.5. The monoisotopic (exact) mass is 597 g/mol. The first-order chi connectivity index (χ1) is 19.4. The van der Waals surface area contributed by atoms with E-state index in [1.54, 1.807) is 30.3 Å². The molecule has 0 aliphatic carbocycles. The van der Waals surface area contributed by atoms with E-state index >= 15 is 0 Å². The van der Waals surface area contributed by atoms with Gasteiger partial charge in [0.05, 0.1) is 11.9 Å². The van der Waals surface area contributed by atoms with Gasteiger partial charge in [-0.3, -0.25) is 13.9 Å². The molecule has 0 spiro atoms. The highest BCUT2D eigenvalue weighted by Crippen LogP contribution is 2.29. The van der Waals surface area contributed by atoms with E-state index in [4.69, 9.17) is 11.6 Å². The number of para-hydroxylation sites is 1. The van der Waals surface area contributed by atoms with Crippen molar-refractivity contribution in [2.45, 2.75) is 65.1 Å². The number of sulfonamides is 1. The number of carbonyl (C=O) groups is 2. The van der Waals surface area contributed by atoms with Gasteiger partial charge in [0.25, 0.3) is 0 Å². The van der Waals surface area contributed by atoms with E-state index in [0.29, 0.717) is 10.7 Å². The Morgan fingerprint density at radius 2 is 1.54 bits per heavy atom. The van der Waals surface area contributed by atoms with Gasteiger partial charge in [0.15, 0.2) is 0 Å². The van der Waals surface area contributed by atoms with E-state index in [2.05, 4.69) is 5.32 Å². The number of anilines is 1. The highest BCUT2D eigenvalue weighted by molar-refractivity contribution is 7.92. The molecule has 0 aliphatic heterocycles. The van der Waals surface area contributed by atoms with Crippen LogP contribution in [0.2, 0.25) is 5.02 Å². The van der Waals surface area contributed by atoms with Crippen molar-refractivity contribution < 1.29 is 18.0 Å². The van der Waals surface area contributed by atoms with Crippen molar-refractivity contribution in [1.29, 1.82) is 0 Å². The third kappa shape index (κ3) is 9.07. The Labute approximate surface area is 249 Å². The molecule has 0 saturated heterocycles. The van der Waals surface area contributed by atoms with Crippen molar-refractivity contribution in [1.82, 2.24) is 10.2 Å². The summed E-state index contributed by atoms with van der Waals surface area (Å²) >= 11 is 6.27. The van der Waals surface area contributed by atoms with Gasteiger partial charge < -0.3 is 10.2 Å². The van der Waals surface area contributed by atoms with Crippen LogP contribution in [0.5, 0.6) is 0 Å². The molecule has 41 heavy (non-hydrogen) atoms. The summed E-state index contributed by atoms with van der Waals surface area (Å²) in [6.45, 7) is 7.46. The highest BCUT2D eigenvalue weighted by Gasteiger charge is 2.34. The molecule has 2 amide bonds. The molecule has 9 heteroatoms. The molecule has 220 valence electrons. The SMILES string of the molecule is CC[C@@H](C)NC(=O)[C@@H](Cc1ccccc1)N(Cc1cccc(Cl)c1)C(=O)CN(c1ccccc1C(C)C)S(C)(=O)=O. The van der Waals surface area contributed by atoms with Gasteiger partial charge in [0.1, 0.15) is 12.6 Å². The van der Waals surface area contributed by atoms with Crippen LogP contribution in [0.15, 0.2) is 78.9 Å². The van der Waals surface area contributed by atoms with Crippen molar-refractivity contribution in [2.24, 2.45) is 0 Å². The van der Waals surface area contributed by atoms with Crippen molar-refractivity contribution in [3.8, 4) is 0 Å². The zero-order valence-electron chi connectivity index (χ0n) is 24.4. The van der Waals surface area contributed by atoms with Crippen LogP contribution in [0.4, 0.5) is 5.69 Å². The summed E-state index contributed by atoms with van der Waals surface area (Å²) in [5.41, 5.74) is 2.87. The van der Waals surface area contributed by atoms with Gasteiger partial charge in [-0.1, -0.05) is 93.0 Å². The number of halogens is 1. The molecule has 2 atom stereocenters. The molecule has 0 fully saturated rings. The molecule has 0 saturated carbocycles. The summed E-state index contributed by atoms with van der Waals surface area (Å²) in [7, 11) is -3.85. The van der Waals surface area contributed by atoms with Crippen LogP contribution in [0, 0.1) is 0 Å². The lowest BCUT2D eigenvalue weighted by Gasteiger charge is -2.34. The summed E-state index contributed by atoms with van der Waals surface area (Å²) in [5.74, 6) is -0.762. The molecule has 1 N–H and O–H groups in total. The van der Waals surface area contributed by atoms with Gasteiger partial charge in [0.2, 0.25) is 21.8 Å². The van der Waals surface area contributed by atoms with Gasteiger partial charge in [-0.05, 0) is 54.2 Å². The first kappa shape index (κ1) is 32.2. The van der Waals surface area contributed by atoms with Crippen molar-refractivity contribution >= 4 is 39.1 Å². The van der Waals surface area contributed by atoms with Gasteiger partial charge in [-0.25, -0.2) is 8.42 Å². The second-order valence-corrected chi connectivity index (χ2v) is 13.0. The van der Waals surface area contributed by atoms with Crippen LogP contribution in [0.1, 0.15) is 56.7 Å². The summed E-state index contributed by atoms with van der Waals surface area (Å²) in [5, 5.41) is 3.53. The third-order valence-electron chi connectivity index (χ3n) is 7.02. The standard InChI is InChI=1S/C32H40ClN3O4S/c1-6-24(4)34-32(38)30(20-25-13-8-7-9-14-25)35(21-26-15-12-16-27(33)19-26)31(37)22-36(41(5,39)40)29-18-11-10-17-28(29)23(2)3/h7-19,23-24,30H,6,20-22H2,1-5H3,(H,34,38)/t24-,30-/m1/s1. The second kappa shape index (κ2) is 14.5. The largest absolute Gasteiger partial charge is 0.352 e. The summed E-state index contributed by atoms with van der Waals surface area (Å²) in [6, 6.07) is 22.8. The second-order valence-electron chi connectivity index (χ2n) is 10.7. The Balaban J connectivity index is 2.10. The minimum absolute atomic E-state index is 0.0280. The number of carbonyl (C=O) groups excluding carboxylic acids is 2. The Kier molecular flexibility index (Phi) is 11.4. The molecular weight excluding hydrogens is 558 g/mol. The van der Waals surface area contributed by atoms with E-state index in [-0.39, 0.29) is 30.8 Å². The van der Waals surface area contributed by atoms with E-state index < -0.39 is 28.5 Å². The fourth-order valence-electron chi connectivity index (χ4n) is 4.62. The Morgan fingerprint density at radius 3 is 2.15 bits per heavy atom. The number of nitrogens with zero attached hydrogens (tertiary/aromatic N) is 2. The first-order valence-electron chi connectivity index (χ1n) is 13.9. The lowest BCUT2D eigenvalue weighted by atomic mass is 10.0. The zero-order valence-corrected chi connectivity index (χ0v) is 26.0. The molecule has 0 heterocycles. The fraction of sp³-hybridized carbons (Fsp3) is 0.375. The minimum Gasteiger partial charge on any atom is -0.352 e. The van der Waals surface area contributed by atoms with Crippen LogP contribution in [0.3, 0.4) is 0 Å². The number of hydrogen-bond acceptors (Lipinski definition) is 4. The number of amides is 2. The third-order valence-corrected chi connectivity index (χ3v) is 8.38. The number of hydrogen-bond donors (Lipinski definition) is 1. The quantitative estimate of drug-likeness (QED) is 0.270. The molecule has 3 aromatic rings. The molecule has 0 bridgehead atoms. The molecule has 0 aliphatic rings. The molecule has 0 unspecified atom stereocenters. The Hall–Kier alpha value is -3.36. The molecule has 0 radical (unpaired) electrons. The maximum Gasteiger partial charge on any atom is 0.244 e. The van der Waals surface area contributed by atoms with Crippen LogP contribution in [0.25, 0.3) is 0 Å². The molecular formula is C32H40ClN3O4S. The van der Waals surface area contributed by atoms with Crippen LogP contribution < -0.4 is 9.62 Å². The van der Waals surface area contributed by atoms with Crippen molar-refractivity contribution in [3.63, 3.8) is 0 Å². The maximum absolute atomic E-state index is 14.2. The predicted molar refractivity (Wildman–Crippen MR) is 167 cm³/mol. The van der Waals surface area contributed by atoms with E-state index in [1.807, 2.05) is 76.2 Å². The van der Waals surface area contributed by atoms with Crippen molar-refractivity contribution in [3.05, 3.63) is 101 Å². The predicted octanol–water partition coefficient (Wildman–Crippen LogP) is 5.78. The maximum atomic E-state index is 14.2. The van der Waals surface area contributed by atoms with E-state index in [0.717, 1.165) is 33.7 Å². The van der Waals surface area contributed by atoms with E-state index in [9.17, 15) is 18.0 Å². The average Bonchev–Trinajstić information content (AvgIpc) is 2.93. The first-order valence-corrected chi connectivity index (χ1v) is 16.1. The number of rotatable bonds is 13. The van der Waals surface area contributed by atoms with Crippen molar-refractivity contribution in [2.75, 3.05) is 17.1 Å². The lowest BCUT2D eigenvalue weighted by Crippen LogP contribution is -2.54. The zero-order chi connectivity index (χ0) is 30.2. The van der Waals surface area contributed by atoms with Crippen LogP contribution >= 0.6 is 11.6 Å². The van der Waals surface area contributed by atoms with E-state index in [1.165, 1.54) is 4.90 Å². The van der Waals surface area contributed by atoms with Gasteiger partial charge in [-0.15, -0.1) is 0 Å². The number of nitrogens with one attached hydrogen (secondary N) is 1. The summed E-state index contributed by atoms with van der Waals surface area (Å²) < 4.78 is 27.4. The molecule has 3 rings (SSSR count). The Bertz CT molecular complexity index is 1430. The number of benzene rings is 3. The molecule has 0 aromatic heterocycles.